The fourth-order valence-electron chi connectivity index (χ4n) is 1.62. The van der Waals surface area contributed by atoms with Crippen molar-refractivity contribution in [3.05, 3.63) is 65.9 Å². The Bertz CT molecular complexity index is 466. The first-order chi connectivity index (χ1) is 7.97. The minimum Gasteiger partial charge on any atom is -0.349 e. The molecule has 0 aliphatic heterocycles. The quantitative estimate of drug-likeness (QED) is 0.693. The Labute approximate surface area is 105 Å². The van der Waals surface area contributed by atoms with E-state index in [9.17, 15) is 0 Å². The summed E-state index contributed by atoms with van der Waals surface area (Å²) in [6, 6.07) is 6.48. The van der Waals surface area contributed by atoms with E-state index in [4.69, 9.17) is 0 Å². The summed E-state index contributed by atoms with van der Waals surface area (Å²) < 4.78 is 0. The van der Waals surface area contributed by atoms with Crippen molar-refractivity contribution < 1.29 is 0 Å². The highest BCUT2D eigenvalue weighted by molar-refractivity contribution is 5.67. The molecule has 0 spiro atoms. The van der Waals surface area contributed by atoms with Crippen LogP contribution >= 0.6 is 0 Å². The van der Waals surface area contributed by atoms with Gasteiger partial charge in [-0.05, 0) is 49.6 Å². The normalized spacial score (nSPS) is 11.2. The molecule has 0 heterocycles. The van der Waals surface area contributed by atoms with Crippen molar-refractivity contribution in [1.29, 1.82) is 0 Å². The van der Waals surface area contributed by atoms with Crippen molar-refractivity contribution >= 4 is 5.70 Å². The predicted molar refractivity (Wildman–Crippen MR) is 76.7 cm³/mol. The van der Waals surface area contributed by atoms with Crippen LogP contribution in [0.4, 0.5) is 0 Å². The van der Waals surface area contributed by atoms with Gasteiger partial charge in [0.05, 0.1) is 0 Å². The maximum absolute atomic E-state index is 3.97. The Morgan fingerprint density at radius 2 is 1.88 bits per heavy atom. The largest absolute Gasteiger partial charge is 0.349 e. The summed E-state index contributed by atoms with van der Waals surface area (Å²) in [7, 11) is 2.02. The Hall–Kier alpha value is -1.76. The third-order valence-corrected chi connectivity index (χ3v) is 3.01. The van der Waals surface area contributed by atoms with Crippen LogP contribution in [0.25, 0.3) is 5.70 Å². The lowest BCUT2D eigenvalue weighted by Crippen LogP contribution is -2.13. The molecule has 0 aromatic heterocycles. The average Bonchev–Trinajstić information content (AvgIpc) is 2.29. The van der Waals surface area contributed by atoms with Crippen LogP contribution in [0.15, 0.2) is 49.2 Å². The molecule has 1 aromatic carbocycles. The first-order valence-electron chi connectivity index (χ1n) is 5.77. The van der Waals surface area contributed by atoms with Gasteiger partial charge in [-0.2, -0.15) is 0 Å². The van der Waals surface area contributed by atoms with Gasteiger partial charge in [-0.3, -0.25) is 0 Å². The van der Waals surface area contributed by atoms with Gasteiger partial charge in [-0.25, -0.2) is 0 Å². The number of allylic oxidation sites excluding steroid dienone is 3. The number of hydrogen-bond donors (Lipinski definition) is 0. The fraction of sp³-hybridized carbons (Fsp3) is 0.250. The molecule has 1 nitrogen and oxygen atoms in total. The first-order valence-corrected chi connectivity index (χ1v) is 5.77. The molecule has 0 amide bonds. The smallest absolute Gasteiger partial charge is 0.0478 e. The summed E-state index contributed by atoms with van der Waals surface area (Å²) in [6.07, 6.45) is 3.82. The van der Waals surface area contributed by atoms with Crippen LogP contribution in [0.5, 0.6) is 0 Å². The molecule has 17 heavy (non-hydrogen) atoms. The van der Waals surface area contributed by atoms with E-state index < -0.39 is 0 Å². The number of rotatable bonds is 4. The highest BCUT2D eigenvalue weighted by atomic mass is 15.1. The monoisotopic (exact) mass is 227 g/mol. The third-order valence-electron chi connectivity index (χ3n) is 3.01. The zero-order valence-corrected chi connectivity index (χ0v) is 11.2. The predicted octanol–water partition coefficient (Wildman–Crippen LogP) is 4.30. The minimum atomic E-state index is 1.01. The van der Waals surface area contributed by atoms with Crippen molar-refractivity contribution in [2.45, 2.75) is 20.8 Å². The van der Waals surface area contributed by atoms with Crippen LogP contribution in [0.2, 0.25) is 0 Å². The summed E-state index contributed by atoms with van der Waals surface area (Å²) in [5.74, 6) is 0. The van der Waals surface area contributed by atoms with Gasteiger partial charge in [-0.15, -0.1) is 0 Å². The maximum Gasteiger partial charge on any atom is 0.0478 e. The lowest BCUT2D eigenvalue weighted by molar-refractivity contribution is 0.600. The Morgan fingerprint density at radius 3 is 2.35 bits per heavy atom. The van der Waals surface area contributed by atoms with Gasteiger partial charge in [0.2, 0.25) is 0 Å². The van der Waals surface area contributed by atoms with Gasteiger partial charge < -0.3 is 4.90 Å². The highest BCUT2D eigenvalue weighted by Crippen LogP contribution is 2.23. The first kappa shape index (κ1) is 13.3. The van der Waals surface area contributed by atoms with Gasteiger partial charge in [0, 0.05) is 18.4 Å². The standard InChI is InChI=1S/C16H21N/c1-7-8-16(17(6)12(2)3)15-10-9-13(4)14(5)11-15/h7-11H,1-2H2,3-6H3/b16-8-. The molecule has 0 atom stereocenters. The number of nitrogens with zero attached hydrogens (tertiary/aromatic N) is 1. The highest BCUT2D eigenvalue weighted by Gasteiger charge is 2.08. The van der Waals surface area contributed by atoms with E-state index in [0.717, 1.165) is 11.4 Å². The molecule has 90 valence electrons. The zero-order chi connectivity index (χ0) is 13.0. The molecule has 0 unspecified atom stereocenters. The topological polar surface area (TPSA) is 3.24 Å². The van der Waals surface area contributed by atoms with E-state index in [2.05, 4.69) is 50.1 Å². The molecular weight excluding hydrogens is 206 g/mol. The Morgan fingerprint density at radius 1 is 1.24 bits per heavy atom. The zero-order valence-electron chi connectivity index (χ0n) is 11.2. The van der Waals surface area contributed by atoms with Crippen LogP contribution in [0.1, 0.15) is 23.6 Å². The van der Waals surface area contributed by atoms with Crippen LogP contribution < -0.4 is 0 Å². The molecule has 0 N–H and O–H groups in total. The van der Waals surface area contributed by atoms with E-state index >= 15 is 0 Å². The van der Waals surface area contributed by atoms with Gasteiger partial charge >= 0.3 is 0 Å². The second-order valence-electron chi connectivity index (χ2n) is 4.38. The molecule has 0 aliphatic rings. The van der Waals surface area contributed by atoms with Crippen molar-refractivity contribution in [1.82, 2.24) is 4.90 Å². The van der Waals surface area contributed by atoms with E-state index in [1.54, 1.807) is 0 Å². The molecule has 1 rings (SSSR count). The molecular formula is C16H21N. The number of benzene rings is 1. The van der Waals surface area contributed by atoms with Gasteiger partial charge in [-0.1, -0.05) is 31.4 Å². The van der Waals surface area contributed by atoms with Crippen molar-refractivity contribution in [2.75, 3.05) is 7.05 Å². The number of hydrogen-bond acceptors (Lipinski definition) is 1. The summed E-state index contributed by atoms with van der Waals surface area (Å²) in [6.45, 7) is 14.0. The Balaban J connectivity index is 3.24. The Kier molecular flexibility index (Phi) is 4.33. The molecule has 1 aromatic rings. The van der Waals surface area contributed by atoms with Crippen LogP contribution in [-0.2, 0) is 0 Å². The van der Waals surface area contributed by atoms with Crippen LogP contribution in [0, 0.1) is 13.8 Å². The summed E-state index contributed by atoms with van der Waals surface area (Å²) in [4.78, 5) is 2.08. The summed E-state index contributed by atoms with van der Waals surface area (Å²) in [5.41, 5.74) is 5.93. The third kappa shape index (κ3) is 3.10. The second-order valence-corrected chi connectivity index (χ2v) is 4.38. The van der Waals surface area contributed by atoms with E-state index in [0.29, 0.717) is 0 Å². The molecule has 1 heteroatoms. The average molecular weight is 227 g/mol. The van der Waals surface area contributed by atoms with Gasteiger partial charge in [0.15, 0.2) is 0 Å². The molecule has 0 saturated heterocycles. The van der Waals surface area contributed by atoms with Crippen LogP contribution in [0.3, 0.4) is 0 Å². The molecule has 0 saturated carbocycles. The second kappa shape index (κ2) is 5.53. The molecule has 0 aliphatic carbocycles. The minimum absolute atomic E-state index is 1.01. The van der Waals surface area contributed by atoms with E-state index in [1.807, 2.05) is 26.1 Å². The fourth-order valence-corrected chi connectivity index (χ4v) is 1.62. The summed E-state index contributed by atoms with van der Waals surface area (Å²) >= 11 is 0. The lowest BCUT2D eigenvalue weighted by Gasteiger charge is -2.23. The van der Waals surface area contributed by atoms with Crippen LogP contribution in [-0.4, -0.2) is 11.9 Å². The van der Waals surface area contributed by atoms with Gasteiger partial charge in [0.1, 0.15) is 0 Å². The van der Waals surface area contributed by atoms with E-state index in [1.165, 1.54) is 16.7 Å². The maximum atomic E-state index is 3.97. The number of aryl methyl sites for hydroxylation is 2. The van der Waals surface area contributed by atoms with Gasteiger partial charge in [0.25, 0.3) is 0 Å². The lowest BCUT2D eigenvalue weighted by atomic mass is 10.0. The molecule has 0 fully saturated rings. The molecule has 0 radical (unpaired) electrons. The van der Waals surface area contributed by atoms with E-state index in [-0.39, 0.29) is 0 Å². The SMILES string of the molecule is C=C/C=C(/c1ccc(C)c(C)c1)N(C)C(=C)C. The molecule has 0 bridgehead atoms. The van der Waals surface area contributed by atoms with Crippen molar-refractivity contribution in [3.8, 4) is 0 Å². The van der Waals surface area contributed by atoms with Crippen molar-refractivity contribution in [3.63, 3.8) is 0 Å². The summed E-state index contributed by atoms with van der Waals surface area (Å²) in [5, 5.41) is 0. The van der Waals surface area contributed by atoms with Crippen molar-refractivity contribution in [2.24, 2.45) is 0 Å².